The number of rotatable bonds is 5. The Morgan fingerprint density at radius 3 is 1.50 bits per heavy atom. The predicted molar refractivity (Wildman–Crippen MR) is 196 cm³/mol. The van der Waals surface area contributed by atoms with Gasteiger partial charge in [-0.3, -0.25) is 0 Å². The van der Waals surface area contributed by atoms with Crippen molar-refractivity contribution in [1.29, 1.82) is 0 Å². The average Bonchev–Trinajstić information content (AvgIpc) is 3.38. The minimum Gasteiger partial charge on any atom is -0.449 e. The summed E-state index contributed by atoms with van der Waals surface area (Å²) in [6.45, 7) is 4.61. The third-order valence-electron chi connectivity index (χ3n) is 9.75. The maximum Gasteiger partial charge on any atom is 0.178 e. The Kier molecular flexibility index (Phi) is 6.48. The van der Waals surface area contributed by atoms with Gasteiger partial charge >= 0.3 is 0 Å². The maximum atomic E-state index is 6.55. The van der Waals surface area contributed by atoms with Crippen molar-refractivity contribution in [1.82, 2.24) is 0 Å². The molecule has 7 aromatic rings. The fraction of sp³-hybridized carbons (Fsp3) is 0.0667. The number of anilines is 3. The Bertz CT molecular complexity index is 2210. The maximum absolute atomic E-state index is 6.55. The van der Waals surface area contributed by atoms with Crippen LogP contribution in [0.1, 0.15) is 25.0 Å². The monoisotopic (exact) mass is 619 g/mol. The molecule has 0 N–H and O–H groups in total. The van der Waals surface area contributed by atoms with Crippen LogP contribution in [0.2, 0.25) is 0 Å². The van der Waals surface area contributed by atoms with Crippen molar-refractivity contribution in [3.05, 3.63) is 175 Å². The lowest BCUT2D eigenvalue weighted by atomic mass is 9.82. The predicted octanol–water partition coefficient (Wildman–Crippen LogP) is 12.7. The van der Waals surface area contributed by atoms with E-state index < -0.39 is 0 Å². The Morgan fingerprint density at radius 1 is 0.417 bits per heavy atom. The van der Waals surface area contributed by atoms with Gasteiger partial charge in [0.2, 0.25) is 0 Å². The first-order valence-corrected chi connectivity index (χ1v) is 16.4. The van der Waals surface area contributed by atoms with Crippen molar-refractivity contribution in [3.8, 4) is 56.4 Å². The molecule has 0 spiro atoms. The highest BCUT2D eigenvalue weighted by Crippen LogP contribution is 2.59. The van der Waals surface area contributed by atoms with Crippen molar-refractivity contribution in [3.63, 3.8) is 0 Å². The molecule has 0 fully saturated rings. The summed E-state index contributed by atoms with van der Waals surface area (Å²) in [6.07, 6.45) is 0. The molecule has 0 saturated heterocycles. The molecule has 230 valence electrons. The van der Waals surface area contributed by atoms with E-state index in [0.29, 0.717) is 0 Å². The number of hydrogen-bond acceptors (Lipinski definition) is 3. The molecule has 3 heteroatoms. The summed E-state index contributed by atoms with van der Waals surface area (Å²) in [5, 5.41) is 0. The van der Waals surface area contributed by atoms with E-state index in [4.69, 9.17) is 9.47 Å². The highest BCUT2D eigenvalue weighted by atomic mass is 16.6. The van der Waals surface area contributed by atoms with Crippen molar-refractivity contribution in [2.45, 2.75) is 19.3 Å². The van der Waals surface area contributed by atoms with E-state index in [2.05, 4.69) is 152 Å². The van der Waals surface area contributed by atoms with Gasteiger partial charge in [0, 0.05) is 28.0 Å². The minimum atomic E-state index is -0.240. The zero-order valence-corrected chi connectivity index (χ0v) is 26.9. The van der Waals surface area contributed by atoms with Crippen LogP contribution in [0.25, 0.3) is 33.4 Å². The molecule has 1 heterocycles. The van der Waals surface area contributed by atoms with Gasteiger partial charge in [-0.15, -0.1) is 0 Å². The molecule has 48 heavy (non-hydrogen) atoms. The normalized spacial score (nSPS) is 13.3. The quantitative estimate of drug-likeness (QED) is 0.191. The topological polar surface area (TPSA) is 21.7 Å². The number of hydrogen-bond donors (Lipinski definition) is 0. The fourth-order valence-electron chi connectivity index (χ4n) is 7.25. The number of nitrogens with zero attached hydrogens (tertiary/aromatic N) is 1. The van der Waals surface area contributed by atoms with E-state index in [-0.39, 0.29) is 5.41 Å². The van der Waals surface area contributed by atoms with Gasteiger partial charge in [0.05, 0.1) is 0 Å². The second-order valence-corrected chi connectivity index (χ2v) is 13.0. The average molecular weight is 620 g/mol. The highest BCUT2D eigenvalue weighted by molar-refractivity contribution is 5.90. The van der Waals surface area contributed by atoms with E-state index in [9.17, 15) is 0 Å². The first-order valence-electron chi connectivity index (χ1n) is 16.4. The summed E-state index contributed by atoms with van der Waals surface area (Å²) in [6, 6.07) is 57.8. The minimum absolute atomic E-state index is 0.240. The van der Waals surface area contributed by atoms with Crippen LogP contribution in [0.5, 0.6) is 23.0 Å². The molecule has 0 atom stereocenters. The summed E-state index contributed by atoms with van der Waals surface area (Å²) in [5.41, 5.74) is 12.6. The van der Waals surface area contributed by atoms with E-state index >= 15 is 0 Å². The number of ether oxygens (including phenoxy) is 2. The van der Waals surface area contributed by atoms with Crippen LogP contribution in [0.15, 0.2) is 164 Å². The van der Waals surface area contributed by atoms with Crippen LogP contribution < -0.4 is 14.4 Å². The van der Waals surface area contributed by atoms with Gasteiger partial charge in [0.1, 0.15) is 0 Å². The van der Waals surface area contributed by atoms with Crippen LogP contribution >= 0.6 is 0 Å². The molecule has 0 amide bonds. The Hall–Kier alpha value is -6.06. The second kappa shape index (κ2) is 11.0. The van der Waals surface area contributed by atoms with E-state index in [0.717, 1.165) is 45.6 Å². The van der Waals surface area contributed by atoms with Gasteiger partial charge in [0.15, 0.2) is 23.0 Å². The van der Waals surface area contributed by atoms with E-state index in [1.165, 1.54) is 38.9 Å². The molecule has 1 aliphatic heterocycles. The molecular weight excluding hydrogens is 587 g/mol. The van der Waals surface area contributed by atoms with Gasteiger partial charge in [0.25, 0.3) is 0 Å². The molecular formula is C45H33NO2. The first-order chi connectivity index (χ1) is 23.5. The number of para-hydroxylation sites is 2. The van der Waals surface area contributed by atoms with Crippen LogP contribution in [0.4, 0.5) is 17.1 Å². The van der Waals surface area contributed by atoms with E-state index in [1.54, 1.807) is 0 Å². The number of fused-ring (bicyclic) bond motifs is 6. The number of benzene rings is 7. The largest absolute Gasteiger partial charge is 0.449 e. The smallest absolute Gasteiger partial charge is 0.178 e. The highest BCUT2D eigenvalue weighted by Gasteiger charge is 2.40. The molecule has 0 radical (unpaired) electrons. The molecule has 0 unspecified atom stereocenters. The van der Waals surface area contributed by atoms with E-state index in [1.807, 2.05) is 30.3 Å². The zero-order valence-electron chi connectivity index (χ0n) is 26.9. The van der Waals surface area contributed by atoms with Gasteiger partial charge in [-0.25, -0.2) is 0 Å². The summed E-state index contributed by atoms with van der Waals surface area (Å²) in [4.78, 5) is 2.36. The fourth-order valence-corrected chi connectivity index (χ4v) is 7.25. The summed E-state index contributed by atoms with van der Waals surface area (Å²) in [5.74, 6) is 3.02. The SMILES string of the molecule is CC1(C)c2cc(N(c3ccc(-c4ccccc4)cc3)c3ccc(-c4ccccc4)cc3)ccc2-c2c1ccc1c2Oc2ccccc2O1. The molecule has 0 aromatic heterocycles. The molecule has 0 bridgehead atoms. The van der Waals surface area contributed by atoms with Crippen molar-refractivity contribution < 1.29 is 9.47 Å². The molecule has 3 nitrogen and oxygen atoms in total. The van der Waals surface area contributed by atoms with Gasteiger partial charge in [-0.2, -0.15) is 0 Å². The van der Waals surface area contributed by atoms with Crippen LogP contribution in [-0.2, 0) is 5.41 Å². The standard InChI is InChI=1S/C45H33NO2/c1-45(2)38-27-28-42-44(48-41-16-10-9-15-40(41)47-42)43(38)37-26-25-36(29-39(37)45)46(34-21-17-32(18-22-34)30-11-5-3-6-12-30)35-23-19-33(20-24-35)31-13-7-4-8-14-31/h3-29H,1-2H3. The van der Waals surface area contributed by atoms with Crippen LogP contribution in [0, 0.1) is 0 Å². The zero-order chi connectivity index (χ0) is 32.2. The lowest BCUT2D eigenvalue weighted by Crippen LogP contribution is -2.16. The van der Waals surface area contributed by atoms with Gasteiger partial charge in [-0.1, -0.05) is 123 Å². The molecule has 0 saturated carbocycles. The van der Waals surface area contributed by atoms with Crippen molar-refractivity contribution in [2.75, 3.05) is 4.90 Å². The first kappa shape index (κ1) is 28.2. The Labute approximate surface area is 281 Å². The van der Waals surface area contributed by atoms with Gasteiger partial charge < -0.3 is 14.4 Å². The Balaban J connectivity index is 1.16. The van der Waals surface area contributed by atoms with Crippen LogP contribution in [0.3, 0.4) is 0 Å². The summed E-state index contributed by atoms with van der Waals surface area (Å²) in [7, 11) is 0. The summed E-state index contributed by atoms with van der Waals surface area (Å²) < 4.78 is 12.9. The lowest BCUT2D eigenvalue weighted by Gasteiger charge is -2.28. The van der Waals surface area contributed by atoms with Crippen LogP contribution in [-0.4, -0.2) is 0 Å². The molecule has 7 aromatic carbocycles. The second-order valence-electron chi connectivity index (χ2n) is 13.0. The molecule has 1 aliphatic carbocycles. The summed E-state index contributed by atoms with van der Waals surface area (Å²) >= 11 is 0. The third-order valence-corrected chi connectivity index (χ3v) is 9.75. The molecule has 9 rings (SSSR count). The Morgan fingerprint density at radius 2 is 0.917 bits per heavy atom. The third kappa shape index (κ3) is 4.58. The van der Waals surface area contributed by atoms with Gasteiger partial charge in [-0.05, 0) is 93.5 Å². The lowest BCUT2D eigenvalue weighted by molar-refractivity contribution is 0.360. The van der Waals surface area contributed by atoms with Crippen molar-refractivity contribution >= 4 is 17.1 Å². The van der Waals surface area contributed by atoms with Crippen molar-refractivity contribution in [2.24, 2.45) is 0 Å². The molecule has 2 aliphatic rings.